The van der Waals surface area contributed by atoms with Crippen molar-refractivity contribution < 1.29 is 18.8 Å². The lowest BCUT2D eigenvalue weighted by Gasteiger charge is -2.09. The predicted octanol–water partition coefficient (Wildman–Crippen LogP) is 3.59. The Labute approximate surface area is 142 Å². The number of fused-ring (bicyclic) bond motifs is 2. The summed E-state index contributed by atoms with van der Waals surface area (Å²) in [5.74, 6) is 0.300. The second-order valence-corrected chi connectivity index (χ2v) is 5.60. The van der Waals surface area contributed by atoms with Crippen molar-refractivity contribution in [2.75, 3.05) is 10.6 Å². The minimum absolute atomic E-state index is 0.0820. The van der Waals surface area contributed by atoms with E-state index in [1.165, 1.54) is 12.3 Å². The first kappa shape index (κ1) is 14.9. The minimum atomic E-state index is -0.452. The van der Waals surface area contributed by atoms with Gasteiger partial charge in [-0.25, -0.2) is 0 Å². The van der Waals surface area contributed by atoms with Crippen LogP contribution in [0.1, 0.15) is 26.5 Å². The van der Waals surface area contributed by atoms with Gasteiger partial charge in [-0.3, -0.25) is 9.59 Å². The zero-order valence-electron chi connectivity index (χ0n) is 13.2. The summed E-state index contributed by atoms with van der Waals surface area (Å²) in [4.78, 5) is 24.5. The van der Waals surface area contributed by atoms with Gasteiger partial charge in [0.05, 0.1) is 17.4 Å². The Bertz CT molecular complexity index is 980. The van der Waals surface area contributed by atoms with E-state index < -0.39 is 5.91 Å². The number of carbonyl (C=O) groups is 2. The lowest BCUT2D eigenvalue weighted by Crippen LogP contribution is -2.13. The average Bonchev–Trinajstić information content (AvgIpc) is 3.09. The topological polar surface area (TPSA) is 93.5 Å². The number of aromatic nitrogens is 1. The van der Waals surface area contributed by atoms with Gasteiger partial charge in [-0.15, -0.1) is 0 Å². The van der Waals surface area contributed by atoms with Crippen molar-refractivity contribution in [2.45, 2.75) is 6.92 Å². The summed E-state index contributed by atoms with van der Waals surface area (Å²) < 4.78 is 10.6. The van der Waals surface area contributed by atoms with Crippen molar-refractivity contribution in [3.63, 3.8) is 0 Å². The summed E-state index contributed by atoms with van der Waals surface area (Å²) in [6.07, 6.45) is 1.38. The number of amides is 2. The molecule has 4 rings (SSSR count). The minimum Gasteiger partial charge on any atom is -0.454 e. The normalized spacial score (nSPS) is 12.3. The zero-order valence-corrected chi connectivity index (χ0v) is 13.2. The molecule has 1 aliphatic heterocycles. The Morgan fingerprint density at radius 3 is 2.76 bits per heavy atom. The molecule has 7 heteroatoms. The quantitative estimate of drug-likeness (QED) is 0.746. The van der Waals surface area contributed by atoms with Gasteiger partial charge >= 0.3 is 0 Å². The van der Waals surface area contributed by atoms with Crippen LogP contribution in [0.2, 0.25) is 0 Å². The van der Waals surface area contributed by atoms with E-state index in [1.807, 2.05) is 19.1 Å². The van der Waals surface area contributed by atoms with E-state index in [9.17, 15) is 9.59 Å². The molecule has 25 heavy (non-hydrogen) atoms. The number of aryl methyl sites for hydroxylation is 1. The number of rotatable bonds is 2. The highest BCUT2D eigenvalue weighted by Crippen LogP contribution is 2.37. The highest BCUT2D eigenvalue weighted by atomic mass is 16.5. The standard InChI is InChI=1S/C18H13N3O4/c1-10-2-4-15-13(8-10)21-17(22)12-9-11(3-5-14(12)24-15)20-18(23)16-6-7-19-25-16/h2-9H,1H3,(H,20,23)(H,21,22). The fraction of sp³-hybridized carbons (Fsp3) is 0.0556. The maximum absolute atomic E-state index is 12.5. The summed E-state index contributed by atoms with van der Waals surface area (Å²) >= 11 is 0. The van der Waals surface area contributed by atoms with Gasteiger partial charge in [0, 0.05) is 11.8 Å². The zero-order chi connectivity index (χ0) is 17.4. The van der Waals surface area contributed by atoms with Crippen molar-refractivity contribution in [1.82, 2.24) is 5.16 Å². The molecule has 0 spiro atoms. The third-order valence-corrected chi connectivity index (χ3v) is 3.75. The molecule has 2 amide bonds. The van der Waals surface area contributed by atoms with Crippen LogP contribution in [0.3, 0.4) is 0 Å². The van der Waals surface area contributed by atoms with Crippen LogP contribution in [-0.2, 0) is 0 Å². The molecule has 2 N–H and O–H groups in total. The molecule has 0 saturated carbocycles. The molecule has 0 atom stereocenters. The maximum Gasteiger partial charge on any atom is 0.294 e. The van der Waals surface area contributed by atoms with Crippen LogP contribution < -0.4 is 15.4 Å². The van der Waals surface area contributed by atoms with Crippen molar-refractivity contribution >= 4 is 23.2 Å². The molecule has 0 aliphatic carbocycles. The van der Waals surface area contributed by atoms with Crippen LogP contribution in [0.4, 0.5) is 11.4 Å². The predicted molar refractivity (Wildman–Crippen MR) is 90.1 cm³/mol. The molecule has 3 aromatic rings. The molecule has 1 aliphatic rings. The third-order valence-electron chi connectivity index (χ3n) is 3.75. The van der Waals surface area contributed by atoms with Crippen LogP contribution >= 0.6 is 0 Å². The Hall–Kier alpha value is -3.61. The van der Waals surface area contributed by atoms with E-state index in [4.69, 9.17) is 9.26 Å². The maximum atomic E-state index is 12.5. The van der Waals surface area contributed by atoms with Crippen LogP contribution in [0, 0.1) is 6.92 Å². The number of anilines is 2. The second-order valence-electron chi connectivity index (χ2n) is 5.60. The number of nitrogens with one attached hydrogen (secondary N) is 2. The molecule has 124 valence electrons. The molecule has 2 heterocycles. The fourth-order valence-corrected chi connectivity index (χ4v) is 2.54. The van der Waals surface area contributed by atoms with E-state index >= 15 is 0 Å². The summed E-state index contributed by atoms with van der Waals surface area (Å²) in [5, 5.41) is 8.97. The SMILES string of the molecule is Cc1ccc2c(c1)NC(=O)c1cc(NC(=O)c3ccno3)ccc1O2. The van der Waals surface area contributed by atoms with Crippen LogP contribution in [0.5, 0.6) is 11.5 Å². The monoisotopic (exact) mass is 335 g/mol. The van der Waals surface area contributed by atoms with Crippen molar-refractivity contribution in [1.29, 1.82) is 0 Å². The van der Waals surface area contributed by atoms with E-state index in [-0.39, 0.29) is 11.7 Å². The smallest absolute Gasteiger partial charge is 0.294 e. The molecular formula is C18H13N3O4. The number of hydrogen-bond donors (Lipinski definition) is 2. The number of nitrogens with zero attached hydrogens (tertiary/aromatic N) is 1. The number of carbonyl (C=O) groups excluding carboxylic acids is 2. The Kier molecular flexibility index (Phi) is 3.46. The lowest BCUT2D eigenvalue weighted by molar-refractivity contribution is 0.0985. The van der Waals surface area contributed by atoms with E-state index in [0.717, 1.165) is 5.56 Å². The third kappa shape index (κ3) is 2.83. The highest BCUT2D eigenvalue weighted by Gasteiger charge is 2.22. The molecule has 0 unspecified atom stereocenters. The van der Waals surface area contributed by atoms with Crippen LogP contribution in [0.15, 0.2) is 53.2 Å². The molecule has 0 fully saturated rings. The molecule has 7 nitrogen and oxygen atoms in total. The second kappa shape index (κ2) is 5.79. The van der Waals surface area contributed by atoms with Crippen molar-refractivity contribution in [3.8, 4) is 11.5 Å². The van der Waals surface area contributed by atoms with Gasteiger partial charge in [0.15, 0.2) is 5.75 Å². The van der Waals surface area contributed by atoms with Gasteiger partial charge < -0.3 is 19.9 Å². The molecular weight excluding hydrogens is 322 g/mol. The lowest BCUT2D eigenvalue weighted by atomic mass is 10.1. The summed E-state index contributed by atoms with van der Waals surface area (Å²) in [5.41, 5.74) is 2.38. The van der Waals surface area contributed by atoms with Gasteiger partial charge in [-0.1, -0.05) is 11.2 Å². The van der Waals surface area contributed by atoms with Gasteiger partial charge in [0.25, 0.3) is 11.8 Å². The number of benzene rings is 2. The van der Waals surface area contributed by atoms with Gasteiger partial charge in [-0.05, 0) is 42.8 Å². The summed E-state index contributed by atoms with van der Waals surface area (Å²) in [7, 11) is 0. The van der Waals surface area contributed by atoms with Crippen LogP contribution in [-0.4, -0.2) is 17.0 Å². The molecule has 2 aromatic carbocycles. The molecule has 1 aromatic heterocycles. The first-order valence-electron chi connectivity index (χ1n) is 7.56. The van der Waals surface area contributed by atoms with Crippen molar-refractivity contribution in [3.05, 3.63) is 65.5 Å². The Balaban J connectivity index is 1.65. The largest absolute Gasteiger partial charge is 0.454 e. The Morgan fingerprint density at radius 2 is 1.96 bits per heavy atom. The average molecular weight is 335 g/mol. The summed E-state index contributed by atoms with van der Waals surface area (Å²) in [6.45, 7) is 1.93. The number of hydrogen-bond acceptors (Lipinski definition) is 5. The van der Waals surface area contributed by atoms with E-state index in [0.29, 0.717) is 28.4 Å². The fourth-order valence-electron chi connectivity index (χ4n) is 2.54. The Morgan fingerprint density at radius 1 is 1.12 bits per heavy atom. The van der Waals surface area contributed by atoms with Gasteiger partial charge in [0.1, 0.15) is 5.75 Å². The van der Waals surface area contributed by atoms with Crippen molar-refractivity contribution in [2.24, 2.45) is 0 Å². The highest BCUT2D eigenvalue weighted by molar-refractivity contribution is 6.09. The number of ether oxygens (including phenoxy) is 1. The molecule has 0 bridgehead atoms. The van der Waals surface area contributed by atoms with Gasteiger partial charge in [0.2, 0.25) is 5.76 Å². The van der Waals surface area contributed by atoms with Gasteiger partial charge in [-0.2, -0.15) is 0 Å². The molecule has 0 radical (unpaired) electrons. The van der Waals surface area contributed by atoms with E-state index in [1.54, 1.807) is 24.3 Å². The first-order chi connectivity index (χ1) is 12.1. The summed E-state index contributed by atoms with van der Waals surface area (Å²) in [6, 6.07) is 11.8. The first-order valence-corrected chi connectivity index (χ1v) is 7.56. The van der Waals surface area contributed by atoms with E-state index in [2.05, 4.69) is 15.8 Å². The van der Waals surface area contributed by atoms with Crippen LogP contribution in [0.25, 0.3) is 0 Å². The molecule has 0 saturated heterocycles.